The lowest BCUT2D eigenvalue weighted by Crippen LogP contribution is -2.16. The molecule has 0 aromatic carbocycles. The number of anilines is 1. The van der Waals surface area contributed by atoms with Crippen molar-refractivity contribution in [3.63, 3.8) is 0 Å². The van der Waals surface area contributed by atoms with Crippen LogP contribution in [0.2, 0.25) is 0 Å². The van der Waals surface area contributed by atoms with E-state index in [-0.39, 0.29) is 0 Å². The number of aromatic nitrogens is 2. The molecule has 16 heavy (non-hydrogen) atoms. The van der Waals surface area contributed by atoms with Crippen LogP contribution < -0.4 is 5.32 Å². The molecule has 0 radical (unpaired) electrons. The molecular weight excluding hydrogens is 222 g/mol. The lowest BCUT2D eigenvalue weighted by Gasteiger charge is -2.20. The molecule has 5 heteroatoms. The van der Waals surface area contributed by atoms with Crippen LogP contribution in [-0.2, 0) is 4.74 Å². The quantitative estimate of drug-likeness (QED) is 0.785. The minimum atomic E-state index is 0.514. The average molecular weight is 239 g/mol. The molecule has 2 rings (SSSR count). The third kappa shape index (κ3) is 3.09. The van der Waals surface area contributed by atoms with Crippen molar-refractivity contribution in [3.8, 4) is 0 Å². The smallest absolute Gasteiger partial charge is 0.148 e. The maximum atomic E-state index is 5.33. The molecule has 1 aliphatic heterocycles. The highest BCUT2D eigenvalue weighted by molar-refractivity contribution is 7.80. The van der Waals surface area contributed by atoms with E-state index in [0.717, 1.165) is 49.9 Å². The normalized spacial score (nSPS) is 17.3. The maximum absolute atomic E-state index is 5.33. The van der Waals surface area contributed by atoms with Gasteiger partial charge < -0.3 is 10.1 Å². The zero-order chi connectivity index (χ0) is 11.2. The Balaban J connectivity index is 1.95. The van der Waals surface area contributed by atoms with Gasteiger partial charge in [0, 0.05) is 31.4 Å². The van der Waals surface area contributed by atoms with Gasteiger partial charge in [-0.15, -0.1) is 5.10 Å². The third-order valence-electron chi connectivity index (χ3n) is 2.74. The highest BCUT2D eigenvalue weighted by Crippen LogP contribution is 2.24. The average Bonchev–Trinajstić information content (AvgIpc) is 2.38. The summed E-state index contributed by atoms with van der Waals surface area (Å²) in [5.41, 5.74) is 1.08. The van der Waals surface area contributed by atoms with Gasteiger partial charge in [0.05, 0.1) is 5.69 Å². The molecule has 1 saturated heterocycles. The summed E-state index contributed by atoms with van der Waals surface area (Å²) in [5, 5.41) is 11.6. The first kappa shape index (κ1) is 11.7. The Morgan fingerprint density at radius 2 is 2.12 bits per heavy atom. The summed E-state index contributed by atoms with van der Waals surface area (Å²) in [6.07, 6.45) is 2.11. The van der Waals surface area contributed by atoms with Crippen molar-refractivity contribution >= 4 is 18.4 Å². The van der Waals surface area contributed by atoms with Crippen LogP contribution in [0.1, 0.15) is 24.5 Å². The summed E-state index contributed by atoms with van der Waals surface area (Å²) < 4.78 is 5.33. The van der Waals surface area contributed by atoms with Gasteiger partial charge >= 0.3 is 0 Å². The van der Waals surface area contributed by atoms with Gasteiger partial charge in [-0.05, 0) is 25.0 Å². The highest BCUT2D eigenvalue weighted by atomic mass is 32.1. The molecule has 0 aliphatic carbocycles. The van der Waals surface area contributed by atoms with E-state index in [1.807, 2.05) is 6.07 Å². The number of ether oxygens (including phenoxy) is 1. The molecule has 1 fully saturated rings. The van der Waals surface area contributed by atoms with Gasteiger partial charge in [-0.1, -0.05) is 0 Å². The third-order valence-corrected chi connectivity index (χ3v) is 2.97. The topological polar surface area (TPSA) is 47.0 Å². The largest absolute Gasteiger partial charge is 0.381 e. The van der Waals surface area contributed by atoms with E-state index in [1.54, 1.807) is 0 Å². The van der Waals surface area contributed by atoms with Gasteiger partial charge in [0.25, 0.3) is 0 Å². The van der Waals surface area contributed by atoms with Gasteiger partial charge in [0.1, 0.15) is 5.82 Å². The second-order valence-corrected chi connectivity index (χ2v) is 4.33. The van der Waals surface area contributed by atoms with Crippen molar-refractivity contribution < 1.29 is 4.74 Å². The summed E-state index contributed by atoms with van der Waals surface area (Å²) >= 11 is 4.13. The van der Waals surface area contributed by atoms with Gasteiger partial charge in [-0.3, -0.25) is 0 Å². The number of hydrogen-bond acceptors (Lipinski definition) is 5. The highest BCUT2D eigenvalue weighted by Gasteiger charge is 2.17. The number of hydrogen-bond donors (Lipinski definition) is 2. The number of thiol groups is 1. The van der Waals surface area contributed by atoms with Crippen molar-refractivity contribution in [1.82, 2.24) is 10.2 Å². The maximum Gasteiger partial charge on any atom is 0.148 e. The van der Waals surface area contributed by atoms with Gasteiger partial charge in [-0.25, -0.2) is 0 Å². The number of rotatable bonds is 4. The van der Waals surface area contributed by atoms with Crippen molar-refractivity contribution in [3.05, 3.63) is 17.8 Å². The first-order valence-electron chi connectivity index (χ1n) is 5.66. The van der Waals surface area contributed by atoms with Crippen LogP contribution in [0.5, 0.6) is 0 Å². The van der Waals surface area contributed by atoms with Crippen LogP contribution in [0.4, 0.5) is 5.82 Å². The molecule has 0 unspecified atom stereocenters. The Labute approximate surface area is 101 Å². The van der Waals surface area contributed by atoms with E-state index < -0.39 is 0 Å². The molecule has 0 saturated carbocycles. The van der Waals surface area contributed by atoms with Gasteiger partial charge in [0.15, 0.2) is 0 Å². The fraction of sp³-hybridized carbons (Fsp3) is 0.636. The SMILES string of the molecule is SCCNc1ccc(C2CCOCC2)nn1. The molecule has 0 atom stereocenters. The fourth-order valence-corrected chi connectivity index (χ4v) is 1.94. The van der Waals surface area contributed by atoms with Gasteiger partial charge in [0.2, 0.25) is 0 Å². The molecular formula is C11H17N3OS. The lowest BCUT2D eigenvalue weighted by molar-refractivity contribution is 0.0843. The predicted octanol–water partition coefficient (Wildman–Crippen LogP) is 1.71. The zero-order valence-corrected chi connectivity index (χ0v) is 10.1. The molecule has 4 nitrogen and oxygen atoms in total. The summed E-state index contributed by atoms with van der Waals surface area (Å²) in [7, 11) is 0. The molecule has 88 valence electrons. The Morgan fingerprint density at radius 1 is 1.31 bits per heavy atom. The van der Waals surface area contributed by atoms with E-state index in [4.69, 9.17) is 4.74 Å². The minimum Gasteiger partial charge on any atom is -0.381 e. The van der Waals surface area contributed by atoms with Crippen LogP contribution in [0.25, 0.3) is 0 Å². The summed E-state index contributed by atoms with van der Waals surface area (Å²) in [4.78, 5) is 0. The van der Waals surface area contributed by atoms with Crippen LogP contribution in [-0.4, -0.2) is 35.7 Å². The molecule has 1 N–H and O–H groups in total. The Morgan fingerprint density at radius 3 is 2.75 bits per heavy atom. The standard InChI is InChI=1S/C11H17N3OS/c16-8-5-12-11-2-1-10(13-14-11)9-3-6-15-7-4-9/h1-2,9,16H,3-8H2,(H,12,14). The van der Waals surface area contributed by atoms with Crippen LogP contribution in [0.3, 0.4) is 0 Å². The monoisotopic (exact) mass is 239 g/mol. The van der Waals surface area contributed by atoms with E-state index in [9.17, 15) is 0 Å². The Hall–Kier alpha value is -0.810. The van der Waals surface area contributed by atoms with Crippen molar-refractivity contribution in [2.75, 3.05) is 30.8 Å². The van der Waals surface area contributed by atoms with Crippen LogP contribution >= 0.6 is 12.6 Å². The first-order chi connectivity index (χ1) is 7.90. The number of nitrogens with one attached hydrogen (secondary N) is 1. The molecule has 0 amide bonds. The minimum absolute atomic E-state index is 0.514. The molecule has 0 bridgehead atoms. The van der Waals surface area contributed by atoms with E-state index in [1.165, 1.54) is 0 Å². The fourth-order valence-electron chi connectivity index (χ4n) is 1.83. The summed E-state index contributed by atoms with van der Waals surface area (Å²) in [6.45, 7) is 2.49. The Kier molecular flexibility index (Phi) is 4.42. The van der Waals surface area contributed by atoms with Gasteiger partial charge in [-0.2, -0.15) is 17.7 Å². The molecule has 1 aromatic rings. The van der Waals surface area contributed by atoms with E-state index >= 15 is 0 Å². The van der Waals surface area contributed by atoms with E-state index in [2.05, 4.69) is 34.2 Å². The predicted molar refractivity (Wildman–Crippen MR) is 67.2 cm³/mol. The second kappa shape index (κ2) is 6.06. The molecule has 1 aliphatic rings. The summed E-state index contributed by atoms with van der Waals surface area (Å²) in [6, 6.07) is 4.05. The summed E-state index contributed by atoms with van der Waals surface area (Å²) in [5.74, 6) is 2.13. The zero-order valence-electron chi connectivity index (χ0n) is 9.22. The first-order valence-corrected chi connectivity index (χ1v) is 6.29. The van der Waals surface area contributed by atoms with Crippen molar-refractivity contribution in [1.29, 1.82) is 0 Å². The molecule has 1 aromatic heterocycles. The van der Waals surface area contributed by atoms with Crippen LogP contribution in [0, 0.1) is 0 Å². The lowest BCUT2D eigenvalue weighted by atomic mass is 9.96. The molecule has 0 spiro atoms. The van der Waals surface area contributed by atoms with Crippen molar-refractivity contribution in [2.45, 2.75) is 18.8 Å². The number of nitrogens with zero attached hydrogens (tertiary/aromatic N) is 2. The van der Waals surface area contributed by atoms with Crippen molar-refractivity contribution in [2.24, 2.45) is 0 Å². The Bertz CT molecular complexity index is 312. The second-order valence-electron chi connectivity index (χ2n) is 3.88. The molecule has 2 heterocycles. The van der Waals surface area contributed by atoms with Crippen LogP contribution in [0.15, 0.2) is 12.1 Å². The van der Waals surface area contributed by atoms with E-state index in [0.29, 0.717) is 5.92 Å².